The van der Waals surface area contributed by atoms with Gasteiger partial charge in [-0.05, 0) is 24.8 Å². The van der Waals surface area contributed by atoms with Crippen molar-refractivity contribution >= 4 is 28.9 Å². The normalized spacial score (nSPS) is 13.8. The Kier molecular flexibility index (Phi) is 6.82. The third-order valence-electron chi connectivity index (χ3n) is 6.36. The summed E-state index contributed by atoms with van der Waals surface area (Å²) >= 11 is 0. The smallest absolute Gasteiger partial charge is 0.256 e. The van der Waals surface area contributed by atoms with Crippen molar-refractivity contribution in [3.8, 4) is 11.5 Å². The molecule has 2 aromatic carbocycles. The number of amides is 1. The van der Waals surface area contributed by atoms with Crippen molar-refractivity contribution in [2.75, 3.05) is 31.5 Å². The Bertz CT molecular complexity index is 1400. The van der Waals surface area contributed by atoms with Gasteiger partial charge in [-0.1, -0.05) is 30.3 Å². The van der Waals surface area contributed by atoms with Gasteiger partial charge in [0.2, 0.25) is 0 Å². The van der Waals surface area contributed by atoms with Gasteiger partial charge in [0.05, 0.1) is 26.9 Å². The second kappa shape index (κ2) is 10.4. The van der Waals surface area contributed by atoms with Crippen LogP contribution in [0.5, 0.6) is 11.5 Å². The summed E-state index contributed by atoms with van der Waals surface area (Å²) in [5.74, 6) is 1.71. The van der Waals surface area contributed by atoms with E-state index in [1.807, 2.05) is 36.4 Å². The number of hydrogen-bond donors (Lipinski definition) is 4. The Morgan fingerprint density at radius 1 is 1.14 bits per heavy atom. The number of aliphatic hydroxyl groups excluding tert-OH is 1. The molecule has 1 aliphatic rings. The van der Waals surface area contributed by atoms with E-state index in [4.69, 9.17) is 20.2 Å². The summed E-state index contributed by atoms with van der Waals surface area (Å²) in [7, 11) is 3.12. The molecule has 5 rings (SSSR count). The van der Waals surface area contributed by atoms with E-state index in [-0.39, 0.29) is 24.0 Å². The SMILES string of the molecule is COc1cc(Nc2nn3c(N[C@@H](CO)Cc4ccccc4)cc(C4CC4)nc3c2C(N)=O)cc(OC)c1. The summed E-state index contributed by atoms with van der Waals surface area (Å²) in [5, 5.41) is 21.4. The molecule has 0 aliphatic heterocycles. The number of aliphatic hydroxyl groups is 1. The minimum absolute atomic E-state index is 0.0872. The van der Waals surface area contributed by atoms with Gasteiger partial charge in [-0.2, -0.15) is 4.52 Å². The topological polar surface area (TPSA) is 136 Å². The quantitative estimate of drug-likeness (QED) is 0.245. The van der Waals surface area contributed by atoms with Crippen LogP contribution >= 0.6 is 0 Å². The lowest BCUT2D eigenvalue weighted by Crippen LogP contribution is -2.28. The summed E-state index contributed by atoms with van der Waals surface area (Å²) in [6.07, 6.45) is 2.67. The van der Waals surface area contributed by atoms with E-state index in [0.717, 1.165) is 24.1 Å². The van der Waals surface area contributed by atoms with Crippen molar-refractivity contribution in [3.63, 3.8) is 0 Å². The molecule has 1 saturated carbocycles. The number of nitrogens with zero attached hydrogens (tertiary/aromatic N) is 3. The third kappa shape index (κ3) is 5.29. The standard InChI is InChI=1S/C27H30N6O4/c1-36-20-11-18(12-21(13-20)37-2)30-26-24(25(28)35)27-31-22(17-8-9-17)14-23(33(27)32-26)29-19(15-34)10-16-6-4-3-5-7-16/h3-7,11-14,17,19,29,34H,8-10,15H2,1-2H3,(H2,28,35)(H,30,32)/t19-/m1/s1. The van der Waals surface area contributed by atoms with Crippen LogP contribution in [0.25, 0.3) is 5.65 Å². The lowest BCUT2D eigenvalue weighted by Gasteiger charge is -2.19. The molecule has 0 radical (unpaired) electrons. The molecule has 0 unspecified atom stereocenters. The lowest BCUT2D eigenvalue weighted by atomic mass is 10.1. The van der Waals surface area contributed by atoms with Crippen molar-refractivity contribution in [3.05, 3.63) is 71.4 Å². The van der Waals surface area contributed by atoms with E-state index in [2.05, 4.69) is 15.7 Å². The molecule has 10 heteroatoms. The Balaban J connectivity index is 1.57. The molecule has 4 aromatic rings. The van der Waals surface area contributed by atoms with Gasteiger partial charge >= 0.3 is 0 Å². The van der Waals surface area contributed by atoms with E-state index >= 15 is 0 Å². The minimum atomic E-state index is -0.651. The molecule has 1 atom stereocenters. The van der Waals surface area contributed by atoms with Crippen LogP contribution in [0, 0.1) is 0 Å². The van der Waals surface area contributed by atoms with Crippen molar-refractivity contribution in [2.24, 2.45) is 5.73 Å². The molecule has 0 spiro atoms. The number of carbonyl (C=O) groups excluding carboxylic acids is 1. The summed E-state index contributed by atoms with van der Waals surface area (Å²) in [4.78, 5) is 17.4. The number of rotatable bonds is 11. The number of nitrogens with one attached hydrogen (secondary N) is 2. The summed E-state index contributed by atoms with van der Waals surface area (Å²) in [5.41, 5.74) is 8.93. The Labute approximate surface area is 214 Å². The lowest BCUT2D eigenvalue weighted by molar-refractivity contribution is 0.100. The summed E-state index contributed by atoms with van der Waals surface area (Å²) in [6, 6.07) is 16.9. The van der Waals surface area contributed by atoms with E-state index in [1.54, 1.807) is 36.9 Å². The van der Waals surface area contributed by atoms with Gasteiger partial charge in [-0.3, -0.25) is 4.79 Å². The number of fused-ring (bicyclic) bond motifs is 1. The number of aromatic nitrogens is 3. The van der Waals surface area contributed by atoms with Gasteiger partial charge in [0.25, 0.3) is 5.91 Å². The molecule has 2 aromatic heterocycles. The third-order valence-corrected chi connectivity index (χ3v) is 6.36. The fourth-order valence-electron chi connectivity index (χ4n) is 4.33. The Morgan fingerprint density at radius 3 is 2.43 bits per heavy atom. The number of methoxy groups -OCH3 is 2. The van der Waals surface area contributed by atoms with Crippen LogP contribution in [-0.2, 0) is 6.42 Å². The number of benzene rings is 2. The van der Waals surface area contributed by atoms with Crippen molar-refractivity contribution in [1.29, 1.82) is 0 Å². The van der Waals surface area contributed by atoms with Gasteiger partial charge in [-0.25, -0.2) is 4.98 Å². The average molecular weight is 503 g/mol. The van der Waals surface area contributed by atoms with Crippen LogP contribution in [0.15, 0.2) is 54.6 Å². The van der Waals surface area contributed by atoms with Gasteiger partial charge in [0.15, 0.2) is 11.5 Å². The molecule has 37 heavy (non-hydrogen) atoms. The highest BCUT2D eigenvalue weighted by Crippen LogP contribution is 2.41. The molecule has 2 heterocycles. The van der Waals surface area contributed by atoms with Crippen LogP contribution in [0.4, 0.5) is 17.3 Å². The molecule has 0 bridgehead atoms. The second-order valence-electron chi connectivity index (χ2n) is 9.10. The molecular weight excluding hydrogens is 472 g/mol. The fourth-order valence-corrected chi connectivity index (χ4v) is 4.33. The Morgan fingerprint density at radius 2 is 1.84 bits per heavy atom. The molecular formula is C27H30N6O4. The molecule has 0 saturated heterocycles. The molecule has 10 nitrogen and oxygen atoms in total. The first-order valence-corrected chi connectivity index (χ1v) is 12.1. The van der Waals surface area contributed by atoms with Crippen LogP contribution in [0.1, 0.15) is 40.4 Å². The van der Waals surface area contributed by atoms with Crippen LogP contribution < -0.4 is 25.8 Å². The van der Waals surface area contributed by atoms with E-state index < -0.39 is 5.91 Å². The largest absolute Gasteiger partial charge is 0.497 e. The number of carbonyl (C=O) groups is 1. The molecule has 1 fully saturated rings. The zero-order valence-corrected chi connectivity index (χ0v) is 20.8. The van der Waals surface area contributed by atoms with Crippen molar-refractivity contribution in [2.45, 2.75) is 31.2 Å². The van der Waals surface area contributed by atoms with E-state index in [1.165, 1.54) is 0 Å². The molecule has 5 N–H and O–H groups in total. The van der Waals surface area contributed by atoms with Crippen LogP contribution in [-0.4, -0.2) is 52.5 Å². The zero-order valence-electron chi connectivity index (χ0n) is 20.8. The van der Waals surface area contributed by atoms with Crippen molar-refractivity contribution in [1.82, 2.24) is 14.6 Å². The number of anilines is 3. The van der Waals surface area contributed by atoms with E-state index in [9.17, 15) is 9.90 Å². The first kappa shape index (κ1) is 24.4. The molecule has 192 valence electrons. The maximum Gasteiger partial charge on any atom is 0.256 e. The van der Waals surface area contributed by atoms with Gasteiger partial charge in [0, 0.05) is 41.6 Å². The van der Waals surface area contributed by atoms with Crippen LogP contribution in [0.2, 0.25) is 0 Å². The van der Waals surface area contributed by atoms with E-state index in [0.29, 0.717) is 41.0 Å². The fraction of sp³-hybridized carbons (Fsp3) is 0.296. The predicted molar refractivity (Wildman–Crippen MR) is 141 cm³/mol. The monoisotopic (exact) mass is 502 g/mol. The summed E-state index contributed by atoms with van der Waals surface area (Å²) < 4.78 is 12.3. The molecule has 1 aliphatic carbocycles. The first-order chi connectivity index (χ1) is 18.0. The molecule has 1 amide bonds. The highest BCUT2D eigenvalue weighted by Gasteiger charge is 2.29. The average Bonchev–Trinajstić information content (AvgIpc) is 3.69. The first-order valence-electron chi connectivity index (χ1n) is 12.1. The zero-order chi connectivity index (χ0) is 25.9. The number of hydrogen-bond acceptors (Lipinski definition) is 8. The van der Waals surface area contributed by atoms with Crippen molar-refractivity contribution < 1.29 is 19.4 Å². The Hall–Kier alpha value is -4.31. The second-order valence-corrected chi connectivity index (χ2v) is 9.10. The van der Waals surface area contributed by atoms with Gasteiger partial charge in [0.1, 0.15) is 22.9 Å². The predicted octanol–water partition coefficient (Wildman–Crippen LogP) is 3.48. The minimum Gasteiger partial charge on any atom is -0.497 e. The number of primary amides is 1. The van der Waals surface area contributed by atoms with Gasteiger partial charge in [-0.15, -0.1) is 5.10 Å². The highest BCUT2D eigenvalue weighted by atomic mass is 16.5. The van der Waals surface area contributed by atoms with Crippen LogP contribution in [0.3, 0.4) is 0 Å². The number of ether oxygens (including phenoxy) is 2. The maximum absolute atomic E-state index is 12.6. The number of nitrogens with two attached hydrogens (primary N) is 1. The maximum atomic E-state index is 12.6. The highest BCUT2D eigenvalue weighted by molar-refractivity contribution is 6.04. The summed E-state index contributed by atoms with van der Waals surface area (Å²) in [6.45, 7) is -0.0872. The van der Waals surface area contributed by atoms with Gasteiger partial charge < -0.3 is 30.9 Å².